The Kier molecular flexibility index (Phi) is 3.47. The fraction of sp³-hybridized carbons (Fsp3) is 0.667. The number of nitrogens with one attached hydrogen (secondary N) is 1. The molecule has 2 heterocycles. The Balaban J connectivity index is 2.28. The number of piperazine rings is 1. The second-order valence-electron chi connectivity index (χ2n) is 4.73. The topological polar surface area (TPSA) is 44.3 Å². The molecule has 5 nitrogen and oxygen atoms in total. The fourth-order valence-corrected chi connectivity index (χ4v) is 2.44. The van der Waals surface area contributed by atoms with E-state index in [-0.39, 0.29) is 0 Å². The van der Waals surface area contributed by atoms with E-state index in [1.54, 1.807) is 6.33 Å². The van der Waals surface area contributed by atoms with Crippen molar-refractivity contribution >= 4 is 11.6 Å². The quantitative estimate of drug-likeness (QED) is 0.827. The van der Waals surface area contributed by atoms with E-state index in [9.17, 15) is 0 Å². The Bertz CT molecular complexity index is 392. The Morgan fingerprint density at radius 2 is 2.12 bits per heavy atom. The van der Waals surface area contributed by atoms with Crippen molar-refractivity contribution in [3.63, 3.8) is 0 Å². The molecule has 1 fully saturated rings. The molecule has 1 aromatic heterocycles. The molecule has 1 unspecified atom stereocenters. The van der Waals surface area contributed by atoms with Crippen molar-refractivity contribution < 1.29 is 0 Å². The van der Waals surface area contributed by atoms with Crippen molar-refractivity contribution in [3.05, 3.63) is 11.9 Å². The van der Waals surface area contributed by atoms with Gasteiger partial charge in [-0.15, -0.1) is 0 Å². The standard InChI is InChI=1S/C12H21N5/c1-9-7-16(4)5-6-17(9)12-10(2)11(13-3)14-8-15-12/h8-9H,5-7H2,1-4H3,(H,13,14,15). The van der Waals surface area contributed by atoms with Gasteiger partial charge < -0.3 is 15.1 Å². The molecular formula is C12H21N5. The van der Waals surface area contributed by atoms with Crippen LogP contribution in [0, 0.1) is 6.92 Å². The summed E-state index contributed by atoms with van der Waals surface area (Å²) in [6, 6.07) is 0.493. The summed E-state index contributed by atoms with van der Waals surface area (Å²) in [6.45, 7) is 7.52. The lowest BCUT2D eigenvalue weighted by molar-refractivity contribution is 0.274. The van der Waals surface area contributed by atoms with Gasteiger partial charge in [-0.25, -0.2) is 9.97 Å². The second kappa shape index (κ2) is 4.87. The first-order valence-corrected chi connectivity index (χ1v) is 6.08. The van der Waals surface area contributed by atoms with Crippen LogP contribution in [0.2, 0.25) is 0 Å². The van der Waals surface area contributed by atoms with E-state index in [0.717, 1.165) is 36.8 Å². The molecule has 1 saturated heterocycles. The van der Waals surface area contributed by atoms with Crippen molar-refractivity contribution in [2.75, 3.05) is 43.9 Å². The number of hydrogen-bond acceptors (Lipinski definition) is 5. The molecule has 1 N–H and O–H groups in total. The van der Waals surface area contributed by atoms with Crippen LogP contribution < -0.4 is 10.2 Å². The molecule has 0 amide bonds. The predicted octanol–water partition coefficient (Wildman–Crippen LogP) is 0.967. The summed E-state index contributed by atoms with van der Waals surface area (Å²) >= 11 is 0. The summed E-state index contributed by atoms with van der Waals surface area (Å²) in [7, 11) is 4.06. The smallest absolute Gasteiger partial charge is 0.137 e. The zero-order valence-corrected chi connectivity index (χ0v) is 11.1. The highest BCUT2D eigenvalue weighted by Crippen LogP contribution is 2.24. The zero-order chi connectivity index (χ0) is 12.4. The van der Waals surface area contributed by atoms with Gasteiger partial charge in [-0.1, -0.05) is 0 Å². The van der Waals surface area contributed by atoms with Gasteiger partial charge in [0.1, 0.15) is 18.0 Å². The first kappa shape index (κ1) is 12.1. The first-order chi connectivity index (χ1) is 8.13. The third-order valence-corrected chi connectivity index (χ3v) is 3.40. The maximum Gasteiger partial charge on any atom is 0.137 e. The van der Waals surface area contributed by atoms with Crippen LogP contribution in [0.4, 0.5) is 11.6 Å². The van der Waals surface area contributed by atoms with E-state index in [0.29, 0.717) is 6.04 Å². The summed E-state index contributed by atoms with van der Waals surface area (Å²) in [4.78, 5) is 13.4. The Morgan fingerprint density at radius 3 is 2.76 bits per heavy atom. The molecule has 1 atom stereocenters. The van der Waals surface area contributed by atoms with E-state index >= 15 is 0 Å². The number of anilines is 2. The molecule has 1 aromatic rings. The van der Waals surface area contributed by atoms with Gasteiger partial charge in [0.15, 0.2) is 0 Å². The first-order valence-electron chi connectivity index (χ1n) is 6.08. The third-order valence-electron chi connectivity index (χ3n) is 3.40. The highest BCUT2D eigenvalue weighted by Gasteiger charge is 2.24. The van der Waals surface area contributed by atoms with Crippen molar-refractivity contribution in [1.29, 1.82) is 0 Å². The minimum Gasteiger partial charge on any atom is -0.373 e. The van der Waals surface area contributed by atoms with Crippen LogP contribution in [-0.2, 0) is 0 Å². The average Bonchev–Trinajstić information content (AvgIpc) is 2.30. The molecule has 0 radical (unpaired) electrons. The Morgan fingerprint density at radius 1 is 1.35 bits per heavy atom. The molecule has 1 aliphatic rings. The monoisotopic (exact) mass is 235 g/mol. The molecule has 0 aliphatic carbocycles. The van der Waals surface area contributed by atoms with Crippen LogP contribution in [-0.4, -0.2) is 54.6 Å². The van der Waals surface area contributed by atoms with E-state index in [1.165, 1.54) is 0 Å². The molecule has 0 bridgehead atoms. The second-order valence-corrected chi connectivity index (χ2v) is 4.73. The van der Waals surface area contributed by atoms with Gasteiger partial charge in [-0.2, -0.15) is 0 Å². The molecule has 94 valence electrons. The normalized spacial score (nSPS) is 21.6. The minimum atomic E-state index is 0.493. The number of hydrogen-bond donors (Lipinski definition) is 1. The van der Waals surface area contributed by atoms with Crippen LogP contribution in [0.3, 0.4) is 0 Å². The van der Waals surface area contributed by atoms with Gasteiger partial charge in [0.05, 0.1) is 0 Å². The Hall–Kier alpha value is -1.36. The summed E-state index contributed by atoms with van der Waals surface area (Å²) in [5.74, 6) is 1.98. The van der Waals surface area contributed by atoms with Gasteiger partial charge in [-0.3, -0.25) is 0 Å². The maximum atomic E-state index is 4.44. The van der Waals surface area contributed by atoms with Crippen LogP contribution in [0.5, 0.6) is 0 Å². The van der Waals surface area contributed by atoms with Crippen molar-refractivity contribution in [2.45, 2.75) is 19.9 Å². The highest BCUT2D eigenvalue weighted by molar-refractivity contribution is 5.58. The summed E-state index contributed by atoms with van der Waals surface area (Å²) in [5, 5.41) is 3.11. The summed E-state index contributed by atoms with van der Waals surface area (Å²) in [6.07, 6.45) is 1.64. The molecule has 2 rings (SSSR count). The van der Waals surface area contributed by atoms with Gasteiger partial charge >= 0.3 is 0 Å². The van der Waals surface area contributed by atoms with Crippen LogP contribution in [0.15, 0.2) is 6.33 Å². The number of rotatable bonds is 2. The van der Waals surface area contributed by atoms with Gasteiger partial charge in [0.2, 0.25) is 0 Å². The summed E-state index contributed by atoms with van der Waals surface area (Å²) in [5.41, 5.74) is 1.13. The molecule has 0 saturated carbocycles. The van der Waals surface area contributed by atoms with Crippen molar-refractivity contribution in [1.82, 2.24) is 14.9 Å². The lowest BCUT2D eigenvalue weighted by atomic mass is 10.1. The average molecular weight is 235 g/mol. The molecule has 1 aliphatic heterocycles. The van der Waals surface area contributed by atoms with E-state index in [4.69, 9.17) is 0 Å². The van der Waals surface area contributed by atoms with Gasteiger partial charge in [-0.05, 0) is 20.9 Å². The largest absolute Gasteiger partial charge is 0.373 e. The fourth-order valence-electron chi connectivity index (χ4n) is 2.44. The lowest BCUT2D eigenvalue weighted by Gasteiger charge is -2.39. The van der Waals surface area contributed by atoms with Crippen molar-refractivity contribution in [3.8, 4) is 0 Å². The minimum absolute atomic E-state index is 0.493. The molecule has 0 spiro atoms. The SMILES string of the molecule is CNc1ncnc(N2CCN(C)CC2C)c1C. The van der Waals surface area contributed by atoms with Crippen molar-refractivity contribution in [2.24, 2.45) is 0 Å². The Labute approximate surface area is 103 Å². The van der Waals surface area contributed by atoms with Crippen LogP contribution in [0.25, 0.3) is 0 Å². The third kappa shape index (κ3) is 2.34. The molecule has 5 heteroatoms. The number of aromatic nitrogens is 2. The lowest BCUT2D eigenvalue weighted by Crippen LogP contribution is -2.51. The number of likely N-dealkylation sites (N-methyl/N-ethyl adjacent to an activating group) is 1. The molecule has 0 aromatic carbocycles. The zero-order valence-electron chi connectivity index (χ0n) is 11.1. The number of nitrogens with zero attached hydrogens (tertiary/aromatic N) is 4. The van der Waals surface area contributed by atoms with Gasteiger partial charge in [0, 0.05) is 38.3 Å². The van der Waals surface area contributed by atoms with E-state index < -0.39 is 0 Å². The highest BCUT2D eigenvalue weighted by atomic mass is 15.3. The van der Waals surface area contributed by atoms with Crippen LogP contribution in [0.1, 0.15) is 12.5 Å². The summed E-state index contributed by atoms with van der Waals surface area (Å²) < 4.78 is 0. The van der Waals surface area contributed by atoms with Gasteiger partial charge in [0.25, 0.3) is 0 Å². The van der Waals surface area contributed by atoms with Crippen LogP contribution >= 0.6 is 0 Å². The predicted molar refractivity (Wildman–Crippen MR) is 70.6 cm³/mol. The van der Waals surface area contributed by atoms with E-state index in [1.807, 2.05) is 7.05 Å². The van der Waals surface area contributed by atoms with E-state index in [2.05, 4.69) is 46.0 Å². The molecule has 17 heavy (non-hydrogen) atoms. The molecular weight excluding hydrogens is 214 g/mol. The maximum absolute atomic E-state index is 4.44.